The highest BCUT2D eigenvalue weighted by Crippen LogP contribution is 2.16. The molecule has 4 N–H and O–H groups in total. The number of hydrogen-bond acceptors (Lipinski definition) is 6. The van der Waals surface area contributed by atoms with E-state index < -0.39 is 0 Å². The number of nitrogens with two attached hydrogens (primary N) is 1. The molecule has 0 atom stereocenters. The van der Waals surface area contributed by atoms with Crippen LogP contribution in [0.4, 0.5) is 11.6 Å². The molecular formula is C14H28N6. The summed E-state index contributed by atoms with van der Waals surface area (Å²) in [6.45, 7) is 10.5. The van der Waals surface area contributed by atoms with E-state index in [1.165, 1.54) is 0 Å². The first-order chi connectivity index (χ1) is 9.43. The molecule has 0 saturated heterocycles. The Morgan fingerprint density at radius 1 is 1.20 bits per heavy atom. The van der Waals surface area contributed by atoms with Crippen molar-refractivity contribution in [1.29, 1.82) is 0 Å². The number of anilines is 2. The van der Waals surface area contributed by atoms with Crippen LogP contribution in [-0.2, 0) is 0 Å². The number of rotatable bonds is 8. The van der Waals surface area contributed by atoms with Crippen LogP contribution >= 0.6 is 0 Å². The van der Waals surface area contributed by atoms with Gasteiger partial charge in [-0.1, -0.05) is 13.8 Å². The van der Waals surface area contributed by atoms with E-state index >= 15 is 0 Å². The predicted molar refractivity (Wildman–Crippen MR) is 84.8 cm³/mol. The molecule has 6 heteroatoms. The van der Waals surface area contributed by atoms with Crippen molar-refractivity contribution in [3.05, 3.63) is 11.9 Å². The highest BCUT2D eigenvalue weighted by Gasteiger charge is 2.07. The van der Waals surface area contributed by atoms with Gasteiger partial charge in [-0.05, 0) is 33.9 Å². The minimum Gasteiger partial charge on any atom is -0.370 e. The van der Waals surface area contributed by atoms with E-state index in [2.05, 4.69) is 60.4 Å². The molecular weight excluding hydrogens is 252 g/mol. The van der Waals surface area contributed by atoms with Crippen LogP contribution in [0.3, 0.4) is 0 Å². The Morgan fingerprint density at radius 3 is 2.40 bits per heavy atom. The predicted octanol–water partition coefficient (Wildman–Crippen LogP) is 2.03. The smallest absolute Gasteiger partial charge is 0.145 e. The number of nitrogens with zero attached hydrogens (tertiary/aromatic N) is 3. The number of aromatic nitrogens is 2. The van der Waals surface area contributed by atoms with Crippen LogP contribution < -0.4 is 16.6 Å². The monoisotopic (exact) mass is 280 g/mol. The normalized spacial score (nSPS) is 11.4. The zero-order chi connectivity index (χ0) is 15.1. The Hall–Kier alpha value is -1.40. The molecule has 0 aromatic carbocycles. The van der Waals surface area contributed by atoms with Gasteiger partial charge >= 0.3 is 0 Å². The second-order valence-corrected chi connectivity index (χ2v) is 5.65. The van der Waals surface area contributed by atoms with E-state index in [4.69, 9.17) is 5.84 Å². The van der Waals surface area contributed by atoms with Crippen LogP contribution in [0.15, 0.2) is 6.07 Å². The molecule has 114 valence electrons. The zero-order valence-corrected chi connectivity index (χ0v) is 13.3. The third-order valence-corrected chi connectivity index (χ3v) is 3.28. The molecule has 0 unspecified atom stereocenters. The first kappa shape index (κ1) is 16.7. The lowest BCUT2D eigenvalue weighted by Gasteiger charge is -2.20. The summed E-state index contributed by atoms with van der Waals surface area (Å²) in [4.78, 5) is 11.2. The third-order valence-electron chi connectivity index (χ3n) is 3.28. The second-order valence-electron chi connectivity index (χ2n) is 5.65. The molecule has 1 rings (SSSR count). The fraction of sp³-hybridized carbons (Fsp3) is 0.714. The van der Waals surface area contributed by atoms with Gasteiger partial charge in [0.05, 0.1) is 0 Å². The molecule has 0 aliphatic rings. The van der Waals surface area contributed by atoms with Gasteiger partial charge in [0.25, 0.3) is 0 Å². The maximum Gasteiger partial charge on any atom is 0.145 e. The molecule has 1 aromatic rings. The zero-order valence-electron chi connectivity index (χ0n) is 13.3. The Balaban J connectivity index is 2.53. The molecule has 1 aromatic heterocycles. The summed E-state index contributed by atoms with van der Waals surface area (Å²) in [5.41, 5.74) is 2.59. The van der Waals surface area contributed by atoms with Gasteiger partial charge in [0.1, 0.15) is 17.5 Å². The molecule has 0 radical (unpaired) electrons. The fourth-order valence-electron chi connectivity index (χ4n) is 1.69. The first-order valence-corrected chi connectivity index (χ1v) is 7.23. The van der Waals surface area contributed by atoms with Gasteiger partial charge in [-0.2, -0.15) is 0 Å². The minimum absolute atomic E-state index is 0.274. The third kappa shape index (κ3) is 5.30. The Kier molecular flexibility index (Phi) is 6.67. The van der Waals surface area contributed by atoms with Gasteiger partial charge in [0, 0.05) is 24.6 Å². The average Bonchev–Trinajstić information content (AvgIpc) is 2.42. The van der Waals surface area contributed by atoms with E-state index in [0.717, 1.165) is 31.2 Å². The quantitative estimate of drug-likeness (QED) is 0.384. The Bertz CT molecular complexity index is 405. The van der Waals surface area contributed by atoms with Crippen molar-refractivity contribution in [3.8, 4) is 0 Å². The topological polar surface area (TPSA) is 79.1 Å². The van der Waals surface area contributed by atoms with Crippen LogP contribution in [0.25, 0.3) is 0 Å². The molecule has 0 saturated carbocycles. The van der Waals surface area contributed by atoms with Crippen LogP contribution in [0.2, 0.25) is 0 Å². The molecule has 0 spiro atoms. The highest BCUT2D eigenvalue weighted by molar-refractivity contribution is 5.47. The van der Waals surface area contributed by atoms with Crippen molar-refractivity contribution >= 4 is 11.6 Å². The van der Waals surface area contributed by atoms with Crippen molar-refractivity contribution in [2.75, 3.05) is 30.9 Å². The number of hydrazine groups is 1. The van der Waals surface area contributed by atoms with Gasteiger partial charge in [0.2, 0.25) is 0 Å². The summed E-state index contributed by atoms with van der Waals surface area (Å²) in [7, 11) is 2.14. The molecule has 20 heavy (non-hydrogen) atoms. The summed E-state index contributed by atoms with van der Waals surface area (Å²) in [6, 6.07) is 2.41. The molecule has 0 aliphatic heterocycles. The number of nitrogens with one attached hydrogen (secondary N) is 2. The first-order valence-electron chi connectivity index (χ1n) is 7.23. The van der Waals surface area contributed by atoms with Crippen molar-refractivity contribution in [2.45, 2.75) is 46.1 Å². The van der Waals surface area contributed by atoms with Crippen LogP contribution in [0.1, 0.15) is 45.9 Å². The van der Waals surface area contributed by atoms with Crippen molar-refractivity contribution in [3.63, 3.8) is 0 Å². The molecule has 0 bridgehead atoms. The van der Waals surface area contributed by atoms with Gasteiger partial charge < -0.3 is 15.6 Å². The van der Waals surface area contributed by atoms with E-state index in [1.54, 1.807) is 0 Å². The maximum absolute atomic E-state index is 5.44. The van der Waals surface area contributed by atoms with Crippen LogP contribution in [-0.4, -0.2) is 41.0 Å². The fourth-order valence-corrected chi connectivity index (χ4v) is 1.69. The summed E-state index contributed by atoms with van der Waals surface area (Å²) in [5, 5.41) is 3.34. The van der Waals surface area contributed by atoms with Crippen molar-refractivity contribution in [1.82, 2.24) is 14.9 Å². The Labute approximate surface area is 122 Å². The summed E-state index contributed by atoms with van der Waals surface area (Å²) >= 11 is 0. The van der Waals surface area contributed by atoms with Gasteiger partial charge in [0.15, 0.2) is 0 Å². The lowest BCUT2D eigenvalue weighted by atomic mass is 10.2. The van der Waals surface area contributed by atoms with E-state index in [0.29, 0.717) is 11.9 Å². The van der Waals surface area contributed by atoms with Gasteiger partial charge in [-0.3, -0.25) is 0 Å². The number of hydrogen-bond donors (Lipinski definition) is 3. The molecule has 0 fully saturated rings. The van der Waals surface area contributed by atoms with E-state index in [9.17, 15) is 0 Å². The summed E-state index contributed by atoms with van der Waals surface area (Å²) in [6.07, 6.45) is 1.07. The standard InChI is InChI=1S/C14H28N6/c1-10(2)14-17-12(9-13(18-14)19-15)16-7-6-8-20(5)11(3)4/h9-11H,6-8,15H2,1-5H3,(H2,16,17,18,19). The van der Waals surface area contributed by atoms with Crippen molar-refractivity contribution < 1.29 is 0 Å². The largest absolute Gasteiger partial charge is 0.370 e. The molecule has 6 nitrogen and oxygen atoms in total. The van der Waals surface area contributed by atoms with Gasteiger partial charge in [-0.25, -0.2) is 15.8 Å². The minimum atomic E-state index is 0.274. The molecule has 1 heterocycles. The van der Waals surface area contributed by atoms with Gasteiger partial charge in [-0.15, -0.1) is 0 Å². The lowest BCUT2D eigenvalue weighted by molar-refractivity contribution is 0.273. The SMILES string of the molecule is CC(C)c1nc(NN)cc(NCCCN(C)C(C)C)n1. The Morgan fingerprint density at radius 2 is 1.85 bits per heavy atom. The van der Waals surface area contributed by atoms with Crippen LogP contribution in [0.5, 0.6) is 0 Å². The maximum atomic E-state index is 5.44. The summed E-state index contributed by atoms with van der Waals surface area (Å²) in [5.74, 6) is 7.98. The van der Waals surface area contributed by atoms with E-state index in [1.807, 2.05) is 6.07 Å². The van der Waals surface area contributed by atoms with Crippen LogP contribution in [0, 0.1) is 0 Å². The summed E-state index contributed by atoms with van der Waals surface area (Å²) < 4.78 is 0. The highest BCUT2D eigenvalue weighted by atomic mass is 15.3. The molecule has 0 aliphatic carbocycles. The lowest BCUT2D eigenvalue weighted by Crippen LogP contribution is -2.28. The average molecular weight is 280 g/mol. The second kappa shape index (κ2) is 8.01. The number of nitrogen functional groups attached to an aromatic ring is 1. The van der Waals surface area contributed by atoms with E-state index in [-0.39, 0.29) is 5.92 Å². The molecule has 0 amide bonds. The van der Waals surface area contributed by atoms with Crippen molar-refractivity contribution in [2.24, 2.45) is 5.84 Å².